The smallest absolute Gasteiger partial charge is 0.128 e. The Hall–Kier alpha value is -1.39. The Morgan fingerprint density at radius 3 is 2.78 bits per heavy atom. The lowest BCUT2D eigenvalue weighted by Crippen LogP contribution is -2.08. The monoisotopic (exact) mass is 262 g/mol. The van der Waals surface area contributed by atoms with Gasteiger partial charge in [0.1, 0.15) is 5.75 Å². The van der Waals surface area contributed by atoms with Crippen molar-refractivity contribution in [3.05, 3.63) is 34.2 Å². The summed E-state index contributed by atoms with van der Waals surface area (Å²) in [6.07, 6.45) is 0. The van der Waals surface area contributed by atoms with Crippen LogP contribution in [0.2, 0.25) is 0 Å². The van der Waals surface area contributed by atoms with Gasteiger partial charge in [0, 0.05) is 22.9 Å². The normalized spacial score (nSPS) is 12.4. The Bertz CT molecular complexity index is 536. The van der Waals surface area contributed by atoms with E-state index in [1.807, 2.05) is 24.3 Å². The van der Waals surface area contributed by atoms with Gasteiger partial charge in [0.05, 0.1) is 17.8 Å². The molecule has 1 heterocycles. The van der Waals surface area contributed by atoms with Crippen molar-refractivity contribution in [3.63, 3.8) is 0 Å². The van der Waals surface area contributed by atoms with E-state index < -0.39 is 0 Å². The highest BCUT2D eigenvalue weighted by molar-refractivity contribution is 7.12. The molecule has 2 rings (SSSR count). The first-order valence-corrected chi connectivity index (χ1v) is 6.79. The van der Waals surface area contributed by atoms with E-state index in [4.69, 9.17) is 15.5 Å². The minimum atomic E-state index is 0.303. The van der Waals surface area contributed by atoms with Crippen LogP contribution in [0.5, 0.6) is 5.75 Å². The second-order valence-electron chi connectivity index (χ2n) is 4.29. The Balaban J connectivity index is 2.47. The molecule has 0 radical (unpaired) electrons. The van der Waals surface area contributed by atoms with Crippen LogP contribution in [0.15, 0.2) is 24.3 Å². The van der Waals surface area contributed by atoms with Gasteiger partial charge in [-0.1, -0.05) is 19.1 Å². The van der Waals surface area contributed by atoms with E-state index in [-0.39, 0.29) is 0 Å². The molecule has 0 aliphatic carbocycles. The predicted octanol–water partition coefficient (Wildman–Crippen LogP) is 3.19. The summed E-state index contributed by atoms with van der Waals surface area (Å²) in [6, 6.07) is 7.97. The van der Waals surface area contributed by atoms with Gasteiger partial charge >= 0.3 is 0 Å². The molecule has 1 atom stereocenters. The number of aromatic nitrogens is 1. The van der Waals surface area contributed by atoms with Gasteiger partial charge in [-0.05, 0) is 19.1 Å². The van der Waals surface area contributed by atoms with E-state index in [0.717, 1.165) is 22.0 Å². The fourth-order valence-corrected chi connectivity index (χ4v) is 2.82. The predicted molar refractivity (Wildman–Crippen MR) is 76.3 cm³/mol. The van der Waals surface area contributed by atoms with Gasteiger partial charge in [-0.25, -0.2) is 4.98 Å². The van der Waals surface area contributed by atoms with Gasteiger partial charge in [0.2, 0.25) is 0 Å². The van der Waals surface area contributed by atoms with E-state index in [1.54, 1.807) is 18.4 Å². The second-order valence-corrected chi connectivity index (χ2v) is 5.53. The highest BCUT2D eigenvalue weighted by Crippen LogP contribution is 2.35. The van der Waals surface area contributed by atoms with E-state index in [0.29, 0.717) is 12.5 Å². The number of hydrogen-bond acceptors (Lipinski definition) is 4. The molecule has 0 aliphatic rings. The Labute approximate surface area is 112 Å². The summed E-state index contributed by atoms with van der Waals surface area (Å²) in [7, 11) is 1.68. The molecule has 0 saturated heterocycles. The summed E-state index contributed by atoms with van der Waals surface area (Å²) in [5.74, 6) is 1.16. The zero-order chi connectivity index (χ0) is 13.1. The van der Waals surface area contributed by atoms with Crippen molar-refractivity contribution < 1.29 is 4.74 Å². The molecule has 0 aliphatic heterocycles. The zero-order valence-corrected chi connectivity index (χ0v) is 11.8. The van der Waals surface area contributed by atoms with Crippen molar-refractivity contribution in [2.75, 3.05) is 13.7 Å². The van der Waals surface area contributed by atoms with Gasteiger partial charge in [0.25, 0.3) is 0 Å². The molecule has 2 aromatic rings. The lowest BCUT2D eigenvalue weighted by molar-refractivity contribution is 0.416. The molecule has 96 valence electrons. The molecule has 0 spiro atoms. The first kappa shape index (κ1) is 13.1. The lowest BCUT2D eigenvalue weighted by Gasteiger charge is -2.06. The van der Waals surface area contributed by atoms with Crippen molar-refractivity contribution in [1.29, 1.82) is 0 Å². The molecule has 0 fully saturated rings. The minimum Gasteiger partial charge on any atom is -0.496 e. The fraction of sp³-hybridized carbons (Fsp3) is 0.357. The third-order valence-corrected chi connectivity index (χ3v) is 4.15. The summed E-state index contributed by atoms with van der Waals surface area (Å²) in [5.41, 5.74) is 7.75. The van der Waals surface area contributed by atoms with Crippen LogP contribution in [0.25, 0.3) is 11.3 Å². The van der Waals surface area contributed by atoms with Gasteiger partial charge in [0.15, 0.2) is 0 Å². The zero-order valence-electron chi connectivity index (χ0n) is 10.9. The first-order valence-electron chi connectivity index (χ1n) is 5.98. The van der Waals surface area contributed by atoms with Crippen LogP contribution in [0.1, 0.15) is 22.7 Å². The van der Waals surface area contributed by atoms with Crippen molar-refractivity contribution in [3.8, 4) is 17.0 Å². The second kappa shape index (κ2) is 5.50. The topological polar surface area (TPSA) is 48.1 Å². The molecule has 0 amide bonds. The summed E-state index contributed by atoms with van der Waals surface area (Å²) in [4.78, 5) is 5.92. The number of aryl methyl sites for hydroxylation is 1. The van der Waals surface area contributed by atoms with Crippen molar-refractivity contribution in [1.82, 2.24) is 4.98 Å². The Morgan fingerprint density at radius 2 is 2.11 bits per heavy atom. The average Bonchev–Trinajstić information content (AvgIpc) is 2.79. The number of nitrogens with two attached hydrogens (primary N) is 1. The summed E-state index contributed by atoms with van der Waals surface area (Å²) >= 11 is 1.71. The minimum absolute atomic E-state index is 0.303. The highest BCUT2D eigenvalue weighted by Gasteiger charge is 2.16. The van der Waals surface area contributed by atoms with Gasteiger partial charge < -0.3 is 10.5 Å². The summed E-state index contributed by atoms with van der Waals surface area (Å²) < 4.78 is 5.39. The third-order valence-electron chi connectivity index (χ3n) is 2.95. The van der Waals surface area contributed by atoms with Gasteiger partial charge in [-0.3, -0.25) is 0 Å². The molecular formula is C14H18N2OS. The molecule has 0 saturated carbocycles. The van der Waals surface area contributed by atoms with Crippen LogP contribution in [0.3, 0.4) is 0 Å². The number of benzene rings is 1. The third kappa shape index (κ3) is 2.40. The van der Waals surface area contributed by atoms with Crippen LogP contribution in [0.4, 0.5) is 0 Å². The number of methoxy groups -OCH3 is 1. The number of ether oxygens (including phenoxy) is 1. The number of rotatable bonds is 4. The molecule has 1 unspecified atom stereocenters. The standard InChI is InChI=1S/C14H18N2OS/c1-9(8-15)14-16-13(10(2)18-14)11-6-4-5-7-12(11)17-3/h4-7,9H,8,15H2,1-3H3. The first-order chi connectivity index (χ1) is 8.67. The number of nitrogens with zero attached hydrogens (tertiary/aromatic N) is 1. The van der Waals surface area contributed by atoms with E-state index >= 15 is 0 Å². The molecule has 1 aromatic heterocycles. The highest BCUT2D eigenvalue weighted by atomic mass is 32.1. The Morgan fingerprint density at radius 1 is 1.39 bits per heavy atom. The van der Waals surface area contributed by atoms with Crippen LogP contribution in [0, 0.1) is 6.92 Å². The van der Waals surface area contributed by atoms with Crippen LogP contribution >= 0.6 is 11.3 Å². The molecule has 0 bridgehead atoms. The average molecular weight is 262 g/mol. The molecule has 3 nitrogen and oxygen atoms in total. The van der Waals surface area contributed by atoms with Crippen LogP contribution < -0.4 is 10.5 Å². The summed E-state index contributed by atoms with van der Waals surface area (Å²) in [6.45, 7) is 4.81. The number of thiazole rings is 1. The van der Waals surface area contributed by atoms with Crippen LogP contribution in [-0.2, 0) is 0 Å². The largest absolute Gasteiger partial charge is 0.496 e. The Kier molecular flexibility index (Phi) is 3.99. The fourth-order valence-electron chi connectivity index (χ4n) is 1.82. The van der Waals surface area contributed by atoms with Crippen LogP contribution in [-0.4, -0.2) is 18.6 Å². The maximum Gasteiger partial charge on any atom is 0.128 e. The van der Waals surface area contributed by atoms with E-state index in [2.05, 4.69) is 13.8 Å². The maximum absolute atomic E-state index is 5.70. The maximum atomic E-state index is 5.70. The van der Waals surface area contributed by atoms with Gasteiger partial charge in [-0.2, -0.15) is 0 Å². The molecule has 18 heavy (non-hydrogen) atoms. The quantitative estimate of drug-likeness (QED) is 0.920. The SMILES string of the molecule is COc1ccccc1-c1nc(C(C)CN)sc1C. The molecule has 2 N–H and O–H groups in total. The lowest BCUT2D eigenvalue weighted by atomic mass is 10.1. The summed E-state index contributed by atoms with van der Waals surface area (Å²) in [5, 5.41) is 1.09. The number of hydrogen-bond donors (Lipinski definition) is 1. The van der Waals surface area contributed by atoms with E-state index in [9.17, 15) is 0 Å². The molecular weight excluding hydrogens is 244 g/mol. The molecule has 4 heteroatoms. The van der Waals surface area contributed by atoms with E-state index in [1.165, 1.54) is 4.88 Å². The van der Waals surface area contributed by atoms with Gasteiger partial charge in [-0.15, -0.1) is 11.3 Å². The van der Waals surface area contributed by atoms with Crippen molar-refractivity contribution in [2.45, 2.75) is 19.8 Å². The molecule has 1 aromatic carbocycles. The van der Waals surface area contributed by atoms with Crippen molar-refractivity contribution in [2.24, 2.45) is 5.73 Å². The van der Waals surface area contributed by atoms with Crippen molar-refractivity contribution >= 4 is 11.3 Å². The number of para-hydroxylation sites is 1.